The van der Waals surface area contributed by atoms with Gasteiger partial charge in [-0.3, -0.25) is 0 Å². The fourth-order valence-corrected chi connectivity index (χ4v) is 2.53. The molecule has 0 fully saturated rings. The van der Waals surface area contributed by atoms with E-state index in [1.807, 2.05) is 6.92 Å². The van der Waals surface area contributed by atoms with Crippen molar-refractivity contribution in [2.75, 3.05) is 0 Å². The fourth-order valence-electron chi connectivity index (χ4n) is 1.58. The van der Waals surface area contributed by atoms with Gasteiger partial charge in [0.05, 0.1) is 0 Å². The lowest BCUT2D eigenvalue weighted by Gasteiger charge is -2.11. The van der Waals surface area contributed by atoms with Gasteiger partial charge in [0.1, 0.15) is 6.61 Å². The van der Waals surface area contributed by atoms with Gasteiger partial charge in [-0.15, -0.1) is 10.2 Å². The van der Waals surface area contributed by atoms with E-state index in [1.165, 1.54) is 17.8 Å². The van der Waals surface area contributed by atoms with Gasteiger partial charge in [-0.05, 0) is 24.6 Å². The van der Waals surface area contributed by atoms with E-state index in [0.29, 0.717) is 16.5 Å². The summed E-state index contributed by atoms with van der Waals surface area (Å²) in [5.41, 5.74) is 0.664. The largest absolute Gasteiger partial charge is 0.388 e. The average molecular weight is 285 g/mol. The zero-order valence-electron chi connectivity index (χ0n) is 10.5. The summed E-state index contributed by atoms with van der Waals surface area (Å²) in [6, 6.07) is 3.83. The Morgan fingerprint density at radius 3 is 2.63 bits per heavy atom. The van der Waals surface area contributed by atoms with Gasteiger partial charge in [0.25, 0.3) is 0 Å². The van der Waals surface area contributed by atoms with Gasteiger partial charge in [-0.25, -0.2) is 8.78 Å². The quantitative estimate of drug-likeness (QED) is 0.877. The molecule has 0 radical (unpaired) electrons. The van der Waals surface area contributed by atoms with Gasteiger partial charge in [0.2, 0.25) is 0 Å². The van der Waals surface area contributed by atoms with E-state index in [0.717, 1.165) is 6.07 Å². The Labute approximate surface area is 113 Å². The molecule has 19 heavy (non-hydrogen) atoms. The predicted molar refractivity (Wildman–Crippen MR) is 67.6 cm³/mol. The molecule has 0 spiro atoms. The van der Waals surface area contributed by atoms with Gasteiger partial charge in [-0.2, -0.15) is 0 Å². The van der Waals surface area contributed by atoms with E-state index in [2.05, 4.69) is 10.2 Å². The number of nitrogens with zero attached hydrogens (tertiary/aromatic N) is 3. The van der Waals surface area contributed by atoms with Gasteiger partial charge in [0.15, 0.2) is 22.6 Å². The molecule has 4 nitrogen and oxygen atoms in total. The third-order valence-electron chi connectivity index (χ3n) is 2.76. The zero-order valence-corrected chi connectivity index (χ0v) is 11.3. The van der Waals surface area contributed by atoms with Crippen LogP contribution in [0.25, 0.3) is 0 Å². The van der Waals surface area contributed by atoms with Gasteiger partial charge in [-0.1, -0.05) is 17.8 Å². The lowest BCUT2D eigenvalue weighted by Crippen LogP contribution is -2.00. The van der Waals surface area contributed by atoms with Crippen LogP contribution in [0.15, 0.2) is 23.4 Å². The van der Waals surface area contributed by atoms with Gasteiger partial charge >= 0.3 is 0 Å². The molecule has 0 aliphatic rings. The van der Waals surface area contributed by atoms with Gasteiger partial charge in [0, 0.05) is 12.3 Å². The van der Waals surface area contributed by atoms with Crippen molar-refractivity contribution in [2.45, 2.75) is 23.9 Å². The summed E-state index contributed by atoms with van der Waals surface area (Å²) in [5.74, 6) is -1.26. The molecule has 0 aliphatic heterocycles. The third kappa shape index (κ3) is 2.93. The monoisotopic (exact) mass is 285 g/mol. The molecule has 2 rings (SSSR count). The number of rotatable bonds is 4. The number of thioether (sulfide) groups is 1. The molecule has 1 unspecified atom stereocenters. The lowest BCUT2D eigenvalue weighted by atomic mass is 10.1. The SMILES string of the molecule is CC(Sc1nnc(CO)n1C)c1ccc(F)c(F)c1. The molecule has 1 heterocycles. The molecule has 0 saturated carbocycles. The minimum Gasteiger partial charge on any atom is -0.388 e. The topological polar surface area (TPSA) is 50.9 Å². The Kier molecular flexibility index (Phi) is 4.16. The first-order valence-electron chi connectivity index (χ1n) is 5.63. The van der Waals surface area contributed by atoms with E-state index in [9.17, 15) is 8.78 Å². The molecule has 1 atom stereocenters. The Morgan fingerprint density at radius 2 is 2.05 bits per heavy atom. The molecule has 0 bridgehead atoms. The maximum atomic E-state index is 13.2. The molecule has 7 heteroatoms. The van der Waals surface area contributed by atoms with Crippen molar-refractivity contribution >= 4 is 11.8 Å². The molecular weight excluding hydrogens is 272 g/mol. The van der Waals surface area contributed by atoms with Crippen LogP contribution in [0.2, 0.25) is 0 Å². The first-order chi connectivity index (χ1) is 9.02. The zero-order chi connectivity index (χ0) is 14.0. The summed E-state index contributed by atoms with van der Waals surface area (Å²) in [5, 5.41) is 17.3. The number of hydrogen-bond donors (Lipinski definition) is 1. The molecule has 0 amide bonds. The molecule has 1 N–H and O–H groups in total. The average Bonchev–Trinajstić information content (AvgIpc) is 2.73. The lowest BCUT2D eigenvalue weighted by molar-refractivity contribution is 0.266. The highest BCUT2D eigenvalue weighted by Gasteiger charge is 2.15. The number of benzene rings is 1. The van der Waals surface area contributed by atoms with Crippen molar-refractivity contribution in [3.8, 4) is 0 Å². The number of aliphatic hydroxyl groups is 1. The van der Waals surface area contributed by atoms with E-state index in [-0.39, 0.29) is 11.9 Å². The van der Waals surface area contributed by atoms with Crippen molar-refractivity contribution in [3.05, 3.63) is 41.2 Å². The number of aliphatic hydroxyl groups excluding tert-OH is 1. The summed E-state index contributed by atoms with van der Waals surface area (Å²) in [6.07, 6.45) is 0. The van der Waals surface area contributed by atoms with Crippen molar-refractivity contribution in [1.29, 1.82) is 0 Å². The molecular formula is C12H13F2N3OS. The van der Waals surface area contributed by atoms with Crippen LogP contribution in [-0.4, -0.2) is 19.9 Å². The molecule has 0 aliphatic carbocycles. The van der Waals surface area contributed by atoms with E-state index in [4.69, 9.17) is 5.11 Å². The van der Waals surface area contributed by atoms with Crippen molar-refractivity contribution < 1.29 is 13.9 Å². The van der Waals surface area contributed by atoms with Crippen molar-refractivity contribution in [2.24, 2.45) is 7.05 Å². The maximum Gasteiger partial charge on any atom is 0.191 e. The van der Waals surface area contributed by atoms with Crippen LogP contribution in [-0.2, 0) is 13.7 Å². The minimum atomic E-state index is -0.862. The Balaban J connectivity index is 2.18. The summed E-state index contributed by atoms with van der Waals surface area (Å²) < 4.78 is 27.7. The number of aromatic nitrogens is 3. The highest BCUT2D eigenvalue weighted by Crippen LogP contribution is 2.34. The van der Waals surface area contributed by atoms with E-state index in [1.54, 1.807) is 17.7 Å². The predicted octanol–water partition coefficient (Wildman–Crippen LogP) is 2.44. The second-order valence-corrected chi connectivity index (χ2v) is 5.36. The molecule has 0 saturated heterocycles. The summed E-state index contributed by atoms with van der Waals surface area (Å²) >= 11 is 1.36. The molecule has 2 aromatic rings. The summed E-state index contributed by atoms with van der Waals surface area (Å²) in [4.78, 5) is 0. The van der Waals surface area contributed by atoms with Crippen LogP contribution in [0.1, 0.15) is 23.6 Å². The highest BCUT2D eigenvalue weighted by atomic mass is 32.2. The second kappa shape index (κ2) is 5.66. The third-order valence-corrected chi connectivity index (χ3v) is 3.95. The minimum absolute atomic E-state index is 0.107. The molecule has 102 valence electrons. The van der Waals surface area contributed by atoms with E-state index >= 15 is 0 Å². The standard InChI is InChI=1S/C12H13F2N3OS/c1-7(8-3-4-9(13)10(14)5-8)19-12-16-15-11(6-18)17(12)2/h3-5,7,18H,6H2,1-2H3. The Bertz CT molecular complexity index is 588. The van der Waals surface area contributed by atoms with Crippen LogP contribution in [0.5, 0.6) is 0 Å². The smallest absolute Gasteiger partial charge is 0.191 e. The van der Waals surface area contributed by atoms with Crippen molar-refractivity contribution in [1.82, 2.24) is 14.8 Å². The van der Waals surface area contributed by atoms with Crippen molar-refractivity contribution in [3.63, 3.8) is 0 Å². The van der Waals surface area contributed by atoms with Crippen LogP contribution >= 0.6 is 11.8 Å². The summed E-state index contributed by atoms with van der Waals surface area (Å²) in [7, 11) is 1.74. The van der Waals surface area contributed by atoms with Crippen LogP contribution in [0.4, 0.5) is 8.78 Å². The summed E-state index contributed by atoms with van der Waals surface area (Å²) in [6.45, 7) is 1.67. The van der Waals surface area contributed by atoms with Crippen LogP contribution < -0.4 is 0 Å². The normalized spacial score (nSPS) is 12.7. The molecule has 1 aromatic heterocycles. The number of hydrogen-bond acceptors (Lipinski definition) is 4. The fraction of sp³-hybridized carbons (Fsp3) is 0.333. The van der Waals surface area contributed by atoms with Crippen LogP contribution in [0, 0.1) is 11.6 Å². The Morgan fingerprint density at radius 1 is 1.32 bits per heavy atom. The molecule has 1 aromatic carbocycles. The van der Waals surface area contributed by atoms with Crippen LogP contribution in [0.3, 0.4) is 0 Å². The second-order valence-electron chi connectivity index (χ2n) is 4.05. The van der Waals surface area contributed by atoms with Gasteiger partial charge < -0.3 is 9.67 Å². The highest BCUT2D eigenvalue weighted by molar-refractivity contribution is 7.99. The first kappa shape index (κ1) is 14.0. The van der Waals surface area contributed by atoms with E-state index < -0.39 is 11.6 Å². The maximum absolute atomic E-state index is 13.2. The first-order valence-corrected chi connectivity index (χ1v) is 6.51. The Hall–Kier alpha value is -1.47. The number of halogens is 2.